The van der Waals surface area contributed by atoms with Crippen LogP contribution < -0.4 is 5.73 Å². The second-order valence-corrected chi connectivity index (χ2v) is 1.41. The van der Waals surface area contributed by atoms with E-state index in [1.165, 1.54) is 0 Å². The van der Waals surface area contributed by atoms with Crippen LogP contribution in [0.1, 0.15) is 12.8 Å². The monoisotopic (exact) mass is 113 g/mol. The van der Waals surface area contributed by atoms with Crippen molar-refractivity contribution < 1.29 is 9.59 Å². The van der Waals surface area contributed by atoms with Crippen LogP contribution in [-0.2, 0) is 9.59 Å². The van der Waals surface area contributed by atoms with Crippen LogP contribution in [0.5, 0.6) is 0 Å². The van der Waals surface area contributed by atoms with Gasteiger partial charge in [0.15, 0.2) is 6.29 Å². The quantitative estimate of drug-likeness (QED) is 0.525. The minimum Gasteiger partial charge on any atom is -0.321 e. The van der Waals surface area contributed by atoms with E-state index in [-0.39, 0.29) is 6.42 Å². The SMILES string of the molecule is NC([C]=O)CC[C]=O. The lowest BCUT2D eigenvalue weighted by Gasteiger charge is -1.93. The summed E-state index contributed by atoms with van der Waals surface area (Å²) in [5, 5.41) is 0. The summed E-state index contributed by atoms with van der Waals surface area (Å²) in [6.45, 7) is 0. The smallest absolute Gasteiger partial charge is 0.216 e. The van der Waals surface area contributed by atoms with E-state index in [4.69, 9.17) is 5.73 Å². The maximum absolute atomic E-state index is 9.63. The van der Waals surface area contributed by atoms with E-state index >= 15 is 0 Å². The Balaban J connectivity index is 3.09. The third kappa shape index (κ3) is 3.49. The molecule has 0 fully saturated rings. The zero-order valence-electron chi connectivity index (χ0n) is 4.39. The maximum Gasteiger partial charge on any atom is 0.216 e. The molecule has 0 aliphatic heterocycles. The third-order valence-corrected chi connectivity index (χ3v) is 0.709. The van der Waals surface area contributed by atoms with Crippen molar-refractivity contribution in [3.05, 3.63) is 0 Å². The van der Waals surface area contributed by atoms with E-state index in [9.17, 15) is 9.59 Å². The topological polar surface area (TPSA) is 60.2 Å². The van der Waals surface area contributed by atoms with Crippen LogP contribution in [0, 0.1) is 0 Å². The predicted octanol–water partition coefficient (Wildman–Crippen LogP) is -0.687. The van der Waals surface area contributed by atoms with Gasteiger partial charge in [-0.15, -0.1) is 0 Å². The van der Waals surface area contributed by atoms with Crippen LogP contribution >= 0.6 is 0 Å². The lowest BCUT2D eigenvalue weighted by molar-refractivity contribution is 0.529. The number of hydrogen-bond acceptors (Lipinski definition) is 3. The summed E-state index contributed by atoms with van der Waals surface area (Å²) in [4.78, 5) is 19.1. The average Bonchev–Trinajstić information content (AvgIpc) is 1.83. The molecule has 44 valence electrons. The Labute approximate surface area is 47.9 Å². The Morgan fingerprint density at radius 3 is 2.50 bits per heavy atom. The highest BCUT2D eigenvalue weighted by Crippen LogP contribution is 1.85. The van der Waals surface area contributed by atoms with E-state index in [1.807, 2.05) is 0 Å². The number of nitrogens with two attached hydrogens (primary N) is 1. The van der Waals surface area contributed by atoms with Crippen LogP contribution in [-0.4, -0.2) is 18.6 Å². The highest BCUT2D eigenvalue weighted by Gasteiger charge is 1.97. The first-order chi connectivity index (χ1) is 3.81. The first-order valence-electron chi connectivity index (χ1n) is 2.29. The van der Waals surface area contributed by atoms with E-state index in [0.717, 1.165) is 0 Å². The van der Waals surface area contributed by atoms with E-state index in [1.54, 1.807) is 12.6 Å². The van der Waals surface area contributed by atoms with Crippen molar-refractivity contribution in [1.29, 1.82) is 0 Å². The fourth-order valence-corrected chi connectivity index (χ4v) is 0.273. The molecule has 1 atom stereocenters. The molecule has 0 saturated carbocycles. The van der Waals surface area contributed by atoms with Crippen molar-refractivity contribution in [2.75, 3.05) is 0 Å². The number of hydrogen-bond donors (Lipinski definition) is 1. The molecule has 8 heavy (non-hydrogen) atoms. The molecule has 0 amide bonds. The van der Waals surface area contributed by atoms with Crippen LogP contribution in [0.25, 0.3) is 0 Å². The highest BCUT2D eigenvalue weighted by atomic mass is 16.1. The van der Waals surface area contributed by atoms with Gasteiger partial charge < -0.3 is 5.73 Å². The third-order valence-electron chi connectivity index (χ3n) is 0.709. The molecule has 0 spiro atoms. The van der Waals surface area contributed by atoms with Crippen molar-refractivity contribution >= 4 is 12.6 Å². The molecule has 0 heterocycles. The molecule has 0 aromatic carbocycles. The van der Waals surface area contributed by atoms with Crippen molar-refractivity contribution in [2.45, 2.75) is 18.9 Å². The largest absolute Gasteiger partial charge is 0.321 e. The summed E-state index contributed by atoms with van der Waals surface area (Å²) in [6.07, 6.45) is 3.75. The molecular weight excluding hydrogens is 106 g/mol. The van der Waals surface area contributed by atoms with Crippen molar-refractivity contribution in [1.82, 2.24) is 0 Å². The zero-order valence-corrected chi connectivity index (χ0v) is 4.39. The predicted molar refractivity (Wildman–Crippen MR) is 28.6 cm³/mol. The second-order valence-electron chi connectivity index (χ2n) is 1.41. The molecule has 0 aromatic heterocycles. The van der Waals surface area contributed by atoms with Gasteiger partial charge in [-0.3, -0.25) is 9.59 Å². The first kappa shape index (κ1) is 7.30. The van der Waals surface area contributed by atoms with Crippen LogP contribution in [0.15, 0.2) is 0 Å². The molecule has 1 unspecified atom stereocenters. The Morgan fingerprint density at radius 2 is 2.12 bits per heavy atom. The van der Waals surface area contributed by atoms with Gasteiger partial charge >= 0.3 is 0 Å². The summed E-state index contributed by atoms with van der Waals surface area (Å²) in [5.74, 6) is 0. The van der Waals surface area contributed by atoms with Crippen molar-refractivity contribution in [2.24, 2.45) is 5.73 Å². The normalized spacial score (nSPS) is 12.6. The van der Waals surface area contributed by atoms with Gasteiger partial charge in [0.25, 0.3) is 0 Å². The Bertz CT molecular complexity index is 82.5. The van der Waals surface area contributed by atoms with Crippen molar-refractivity contribution in [3.63, 3.8) is 0 Å². The van der Waals surface area contributed by atoms with Gasteiger partial charge in [0, 0.05) is 6.42 Å². The van der Waals surface area contributed by atoms with Gasteiger partial charge in [0.05, 0.1) is 6.04 Å². The molecule has 3 heteroatoms. The highest BCUT2D eigenvalue weighted by molar-refractivity contribution is 5.59. The maximum atomic E-state index is 9.63. The molecule has 0 aromatic rings. The summed E-state index contributed by atoms with van der Waals surface area (Å²) in [5.41, 5.74) is 5.06. The lowest BCUT2D eigenvalue weighted by atomic mass is 10.2. The summed E-state index contributed by atoms with van der Waals surface area (Å²) < 4.78 is 0. The Hall–Kier alpha value is -0.700. The molecule has 0 saturated heterocycles. The van der Waals surface area contributed by atoms with Gasteiger partial charge in [0.2, 0.25) is 6.29 Å². The average molecular weight is 113 g/mol. The van der Waals surface area contributed by atoms with Crippen LogP contribution in [0.4, 0.5) is 0 Å². The molecule has 0 rings (SSSR count). The van der Waals surface area contributed by atoms with Crippen molar-refractivity contribution in [3.8, 4) is 0 Å². The van der Waals surface area contributed by atoms with Crippen LogP contribution in [0.2, 0.25) is 0 Å². The van der Waals surface area contributed by atoms with E-state index in [2.05, 4.69) is 0 Å². The number of carbonyl (C=O) groups excluding carboxylic acids is 2. The Kier molecular flexibility index (Phi) is 4.07. The Morgan fingerprint density at radius 1 is 1.50 bits per heavy atom. The zero-order chi connectivity index (χ0) is 6.41. The van der Waals surface area contributed by atoms with Gasteiger partial charge in [-0.25, -0.2) is 0 Å². The fraction of sp³-hybridized carbons (Fsp3) is 0.600. The molecule has 0 aliphatic rings. The molecular formula is C5H7NO2. The number of rotatable bonds is 4. The first-order valence-corrected chi connectivity index (χ1v) is 2.29. The molecule has 0 aliphatic carbocycles. The molecule has 2 radical (unpaired) electrons. The summed E-state index contributed by atoms with van der Waals surface area (Å²) >= 11 is 0. The van der Waals surface area contributed by atoms with Gasteiger partial charge in [-0.05, 0) is 6.42 Å². The second kappa shape index (κ2) is 4.46. The summed E-state index contributed by atoms with van der Waals surface area (Å²) in [6, 6.07) is -0.614. The van der Waals surface area contributed by atoms with Gasteiger partial charge in [0.1, 0.15) is 0 Å². The molecule has 2 N–H and O–H groups in total. The van der Waals surface area contributed by atoms with E-state index in [0.29, 0.717) is 6.42 Å². The standard InChI is InChI=1S/C5H7NO2/c6-5(4-8)2-1-3-7/h5H,1-2,6H2. The van der Waals surface area contributed by atoms with E-state index < -0.39 is 6.04 Å². The minimum atomic E-state index is -0.614. The van der Waals surface area contributed by atoms with Crippen LogP contribution in [0.3, 0.4) is 0 Å². The minimum absolute atomic E-state index is 0.219. The van der Waals surface area contributed by atoms with Gasteiger partial charge in [-0.2, -0.15) is 0 Å². The van der Waals surface area contributed by atoms with Gasteiger partial charge in [-0.1, -0.05) is 0 Å². The fourth-order valence-electron chi connectivity index (χ4n) is 0.273. The lowest BCUT2D eigenvalue weighted by Crippen LogP contribution is -2.20. The molecule has 3 nitrogen and oxygen atoms in total. The summed E-state index contributed by atoms with van der Waals surface area (Å²) in [7, 11) is 0. The molecule has 0 bridgehead atoms.